The van der Waals surface area contributed by atoms with Crippen LogP contribution in [0.25, 0.3) is 0 Å². The summed E-state index contributed by atoms with van der Waals surface area (Å²) >= 11 is 12.6. The summed E-state index contributed by atoms with van der Waals surface area (Å²) in [5, 5.41) is 104. The Kier molecular flexibility index (Phi) is 44.4. The number of fused-ring (bicyclic) bond motifs is 4. The van der Waals surface area contributed by atoms with E-state index in [9.17, 15) is 79.2 Å². The minimum atomic E-state index is -0.738. The van der Waals surface area contributed by atoms with Crippen molar-refractivity contribution in [3.63, 3.8) is 0 Å². The van der Waals surface area contributed by atoms with Crippen molar-refractivity contribution in [2.75, 3.05) is 105 Å². The van der Waals surface area contributed by atoms with Crippen molar-refractivity contribution in [2.24, 2.45) is 20.6 Å². The molecule has 0 spiro atoms. The molecule has 0 aromatic heterocycles. The normalized spacial score (nSPS) is 21.1. The van der Waals surface area contributed by atoms with Gasteiger partial charge in [-0.1, -0.05) is 117 Å². The molecule has 0 bridgehead atoms. The second-order valence-corrected chi connectivity index (χ2v) is 33.3. The number of esters is 2. The van der Waals surface area contributed by atoms with E-state index in [4.69, 9.17) is 52.0 Å². The molecule has 34 heteroatoms. The molecule has 132 heavy (non-hydrogen) atoms. The Morgan fingerprint density at radius 1 is 0.318 bits per heavy atom. The highest BCUT2D eigenvalue weighted by molar-refractivity contribution is 6.34. The summed E-state index contributed by atoms with van der Waals surface area (Å²) in [4.78, 5) is 129. The number of piperidine rings is 4. The predicted molar refractivity (Wildman–Crippen MR) is 502 cm³/mol. The number of carbonyl (C=O) groups excluding carboxylic acids is 8. The lowest BCUT2D eigenvalue weighted by molar-refractivity contribution is -0.137. The van der Waals surface area contributed by atoms with Crippen LogP contribution in [0.4, 0.5) is 0 Å². The number of likely N-dealkylation sites (tertiary alicyclic amines) is 4. The van der Waals surface area contributed by atoms with E-state index in [0.717, 1.165) is 218 Å². The summed E-state index contributed by atoms with van der Waals surface area (Å²) in [7, 11) is 0. The summed E-state index contributed by atoms with van der Waals surface area (Å²) in [5.74, 6) is -5.28. The number of oxime groups is 4. The molecule has 4 aromatic carbocycles. The van der Waals surface area contributed by atoms with Crippen molar-refractivity contribution in [2.45, 2.75) is 193 Å². The number of benzene rings is 4. The second-order valence-electron chi connectivity index (χ2n) is 32.5. The first-order valence-electron chi connectivity index (χ1n) is 45.6. The van der Waals surface area contributed by atoms with Crippen LogP contribution in [-0.4, -0.2) is 236 Å². The summed E-state index contributed by atoms with van der Waals surface area (Å²) in [6.07, 6.45) is 54.4. The maximum Gasteiger partial charge on any atom is 0.342 e. The largest absolute Gasteiger partial charge is 0.508 e. The van der Waals surface area contributed by atoms with Crippen molar-refractivity contribution in [3.8, 4) is 46.0 Å². The maximum atomic E-state index is 12.7. The van der Waals surface area contributed by atoms with Crippen molar-refractivity contribution < 1.29 is 108 Å². The van der Waals surface area contributed by atoms with E-state index < -0.39 is 35.3 Å². The van der Waals surface area contributed by atoms with Gasteiger partial charge in [0, 0.05) is 115 Å². The Labute approximate surface area is 780 Å². The zero-order valence-electron chi connectivity index (χ0n) is 74.9. The van der Waals surface area contributed by atoms with Gasteiger partial charge in [0.25, 0.3) is 35.4 Å². The van der Waals surface area contributed by atoms with E-state index in [1.807, 2.05) is 48.6 Å². The van der Waals surface area contributed by atoms with Crippen LogP contribution in [0.1, 0.15) is 231 Å². The molecule has 4 aromatic rings. The molecular weight excluding hydrogens is 1740 g/mol. The monoisotopic (exact) mass is 1860 g/mol. The SMILES string of the molecule is O=C1NCC/C=C/CC/C=C/C(=N/OCC(=O)N2CCCCC2)Cc2cc(O)cc(O)c21.O=C1NCC/C=C/CC/C=C/C(=N\OCC(=O)N2CCCCC2)Cc2cc(O)cc(O)c21.O=C1OCCC/C=C/CC/C=C/C(=N/OCC(=O)N2CCCCC2)Cc2c(Cl)c(O)cc(O)c21.O=C1OCCC/C=C/CC/C=C/C(=N\OCC(=O)N2CCCCC2)Cc2c(Cl)c(O)cc(O)c21. The fraction of sp³-hybridized carbons (Fsp3) is 0.469. The van der Waals surface area contributed by atoms with Crippen LogP contribution in [-0.2, 0) is 73.7 Å². The van der Waals surface area contributed by atoms with Crippen LogP contribution in [0, 0.1) is 0 Å². The number of phenolic OH excluding ortho intramolecular Hbond substituents is 8. The molecule has 0 saturated carbocycles. The van der Waals surface area contributed by atoms with Gasteiger partial charge in [-0.15, -0.1) is 0 Å². The van der Waals surface area contributed by atoms with Crippen molar-refractivity contribution in [1.82, 2.24) is 30.2 Å². The van der Waals surface area contributed by atoms with Gasteiger partial charge in [0.2, 0.25) is 0 Å². The first kappa shape index (κ1) is 103. The summed E-state index contributed by atoms with van der Waals surface area (Å²) < 4.78 is 10.6. The molecule has 4 fully saturated rings. The predicted octanol–water partition coefficient (Wildman–Crippen LogP) is 15.1. The average molecular weight is 1870 g/mol. The number of hydrogen-bond donors (Lipinski definition) is 10. The molecule has 8 aliphatic heterocycles. The molecule has 12 rings (SSSR count). The quantitative estimate of drug-likeness (QED) is 0.0358. The molecule has 0 atom stereocenters. The van der Waals surface area contributed by atoms with Crippen LogP contribution in [0.15, 0.2) is 154 Å². The first-order chi connectivity index (χ1) is 64.0. The van der Waals surface area contributed by atoms with Gasteiger partial charge in [-0.25, -0.2) is 9.59 Å². The Bertz CT molecular complexity index is 4650. The van der Waals surface area contributed by atoms with Gasteiger partial charge < -0.3 is 99.9 Å². The van der Waals surface area contributed by atoms with Gasteiger partial charge in [-0.3, -0.25) is 28.8 Å². The molecule has 8 heterocycles. The fourth-order valence-electron chi connectivity index (χ4n) is 15.3. The zero-order valence-corrected chi connectivity index (χ0v) is 76.4. The molecule has 0 aliphatic carbocycles. The van der Waals surface area contributed by atoms with Gasteiger partial charge in [0.1, 0.15) is 57.1 Å². The highest BCUT2D eigenvalue weighted by Gasteiger charge is 2.30. The lowest BCUT2D eigenvalue weighted by atomic mass is 9.99. The van der Waals surface area contributed by atoms with E-state index >= 15 is 0 Å². The fourth-order valence-corrected chi connectivity index (χ4v) is 15.8. The Hall–Kier alpha value is -12.6. The van der Waals surface area contributed by atoms with E-state index in [0.29, 0.717) is 72.7 Å². The third-order valence-electron chi connectivity index (χ3n) is 22.2. The van der Waals surface area contributed by atoms with Crippen molar-refractivity contribution in [1.29, 1.82) is 0 Å². The Morgan fingerprint density at radius 3 is 0.886 bits per heavy atom. The number of cyclic esters (lactones) is 2. The molecule has 0 unspecified atom stereocenters. The third kappa shape index (κ3) is 34.9. The summed E-state index contributed by atoms with van der Waals surface area (Å²) in [6.45, 7) is 6.38. The first-order valence-corrected chi connectivity index (χ1v) is 46.4. The number of amides is 6. The highest BCUT2D eigenvalue weighted by Crippen LogP contribution is 2.40. The number of halogens is 2. The molecule has 32 nitrogen and oxygen atoms in total. The molecule has 4 saturated heterocycles. The maximum absolute atomic E-state index is 12.7. The van der Waals surface area contributed by atoms with Gasteiger partial charge >= 0.3 is 11.9 Å². The van der Waals surface area contributed by atoms with E-state index in [1.54, 1.807) is 43.9 Å². The van der Waals surface area contributed by atoms with E-state index in [2.05, 4.69) is 55.6 Å². The number of phenols is 8. The number of nitrogens with zero attached hydrogens (tertiary/aromatic N) is 8. The molecule has 712 valence electrons. The van der Waals surface area contributed by atoms with Gasteiger partial charge in [-0.05, 0) is 226 Å². The number of rotatable bonds is 12. The number of hydrogen-bond acceptors (Lipinski definition) is 26. The topological polar surface area (TPSA) is 440 Å². The minimum absolute atomic E-state index is 0.0184. The number of carbonyl (C=O) groups is 8. The van der Waals surface area contributed by atoms with Crippen LogP contribution in [0.3, 0.4) is 0 Å². The summed E-state index contributed by atoms with van der Waals surface area (Å²) in [5.41, 5.74) is 2.84. The lowest BCUT2D eigenvalue weighted by Crippen LogP contribution is -2.37. The summed E-state index contributed by atoms with van der Waals surface area (Å²) in [6, 6.07) is 7.18. The Morgan fingerprint density at radius 2 is 0.583 bits per heavy atom. The van der Waals surface area contributed by atoms with E-state index in [1.165, 1.54) is 12.1 Å². The second kappa shape index (κ2) is 56.9. The van der Waals surface area contributed by atoms with Crippen LogP contribution in [0.2, 0.25) is 10.0 Å². The van der Waals surface area contributed by atoms with Crippen LogP contribution < -0.4 is 10.6 Å². The Balaban J connectivity index is 0.000000198. The molecular formula is C98H124Cl2N10O22. The van der Waals surface area contributed by atoms with Crippen LogP contribution in [0.5, 0.6) is 46.0 Å². The minimum Gasteiger partial charge on any atom is -0.508 e. The van der Waals surface area contributed by atoms with Crippen molar-refractivity contribution >= 4 is 93.4 Å². The van der Waals surface area contributed by atoms with Gasteiger partial charge in [-0.2, -0.15) is 0 Å². The highest BCUT2D eigenvalue weighted by atomic mass is 35.5. The van der Waals surface area contributed by atoms with E-state index in [-0.39, 0.29) is 167 Å². The molecule has 10 N–H and O–H groups in total. The van der Waals surface area contributed by atoms with Gasteiger partial charge in [0.05, 0.1) is 57.2 Å². The van der Waals surface area contributed by atoms with Gasteiger partial charge in [0.15, 0.2) is 26.4 Å². The third-order valence-corrected chi connectivity index (χ3v) is 23.1. The number of allylic oxidation sites excluding steroid dienone is 14. The smallest absolute Gasteiger partial charge is 0.342 e. The standard InChI is InChI=1S/2C25H31ClN2O6.2C24H31N3O5/c2*26-24-19-15-18(27-34-17-22(31)28-12-8-6-9-13-28)11-7-4-2-1-3-5-10-14-33-25(32)23(19)20(29)16-21(24)30;2*28-20-15-18-14-19(26-32-17-22(30)27-12-8-5-9-13-27)10-6-3-1-2-4-7-11-25-24(31)23(18)21(29)16-20/h2*1,3,7,11,16,29-30H,2,4-6,8-10,12-15,17H2;2*2,4,6,10,15-16,28-29H,1,3,5,7-9,11-14,17H2,(H,25,31)/b3-1+,11-7+,27-18+;3-1+,11-7+,27-18-;4-2+,10-6+,26-19+;4-2+,10-6+,26-19-. The number of nitrogens with one attached hydrogen (secondary N) is 2. The molecule has 8 aliphatic rings. The number of aromatic hydroxyl groups is 8. The van der Waals surface area contributed by atoms with Crippen molar-refractivity contribution in [3.05, 3.63) is 188 Å². The molecule has 6 amide bonds. The molecule has 0 radical (unpaired) electrons. The van der Waals surface area contributed by atoms with Crippen LogP contribution >= 0.6 is 23.2 Å². The average Bonchev–Trinajstić information content (AvgIpc) is 0.808. The number of ether oxygens (including phenoxy) is 2. The lowest BCUT2D eigenvalue weighted by Gasteiger charge is -2.26. The zero-order chi connectivity index (χ0) is 94.2.